The van der Waals surface area contributed by atoms with E-state index >= 15 is 0 Å². The lowest BCUT2D eigenvalue weighted by Gasteiger charge is -2.35. The average molecular weight is 315 g/mol. The summed E-state index contributed by atoms with van der Waals surface area (Å²) in [5, 5.41) is 3.38. The van der Waals surface area contributed by atoms with Crippen LogP contribution in [0.5, 0.6) is 0 Å². The molecule has 0 aliphatic carbocycles. The van der Waals surface area contributed by atoms with Crippen LogP contribution in [0.4, 0.5) is 0 Å². The van der Waals surface area contributed by atoms with E-state index in [9.17, 15) is 4.79 Å². The summed E-state index contributed by atoms with van der Waals surface area (Å²) in [6.45, 7) is 7.15. The molecule has 0 radical (unpaired) electrons. The largest absolute Gasteiger partial charge is 0.340 e. The first-order valence-electron chi connectivity index (χ1n) is 9.06. The summed E-state index contributed by atoms with van der Waals surface area (Å²) in [6.07, 6.45) is 4.13. The molecular formula is C19H29N3O. The van der Waals surface area contributed by atoms with Crippen molar-refractivity contribution in [3.8, 4) is 0 Å². The third kappa shape index (κ3) is 5.05. The van der Waals surface area contributed by atoms with E-state index in [2.05, 4.69) is 45.4 Å². The molecule has 1 amide bonds. The monoisotopic (exact) mass is 315 g/mol. The van der Waals surface area contributed by atoms with Crippen molar-refractivity contribution >= 4 is 5.91 Å². The van der Waals surface area contributed by atoms with E-state index in [1.807, 2.05) is 0 Å². The van der Waals surface area contributed by atoms with Gasteiger partial charge in [0.25, 0.3) is 0 Å². The average Bonchev–Trinajstić information content (AvgIpc) is 3.13. The molecule has 126 valence electrons. The van der Waals surface area contributed by atoms with Crippen molar-refractivity contribution in [2.45, 2.75) is 25.7 Å². The van der Waals surface area contributed by atoms with Crippen molar-refractivity contribution < 1.29 is 4.79 Å². The molecule has 0 aromatic heterocycles. The minimum Gasteiger partial charge on any atom is -0.340 e. The highest BCUT2D eigenvalue weighted by Gasteiger charge is 2.22. The summed E-state index contributed by atoms with van der Waals surface area (Å²) in [4.78, 5) is 16.9. The zero-order chi connectivity index (χ0) is 15.9. The second kappa shape index (κ2) is 8.46. The maximum absolute atomic E-state index is 12.3. The normalized spacial score (nSPS) is 22.4. The molecule has 1 N–H and O–H groups in total. The molecule has 3 rings (SSSR count). The van der Waals surface area contributed by atoms with Crippen molar-refractivity contribution in [3.63, 3.8) is 0 Å². The molecule has 0 bridgehead atoms. The van der Waals surface area contributed by atoms with Gasteiger partial charge in [0.2, 0.25) is 5.91 Å². The van der Waals surface area contributed by atoms with E-state index in [0.29, 0.717) is 11.8 Å². The summed E-state index contributed by atoms with van der Waals surface area (Å²) in [5.41, 5.74) is 1.40. The molecule has 2 fully saturated rings. The number of amides is 1. The molecule has 2 saturated heterocycles. The highest BCUT2D eigenvalue weighted by atomic mass is 16.2. The van der Waals surface area contributed by atoms with Crippen molar-refractivity contribution in [2.24, 2.45) is 5.92 Å². The quantitative estimate of drug-likeness (QED) is 0.869. The second-order valence-electron chi connectivity index (χ2n) is 6.86. The van der Waals surface area contributed by atoms with Gasteiger partial charge in [-0.15, -0.1) is 0 Å². The first-order chi connectivity index (χ1) is 11.3. The fraction of sp³-hybridized carbons (Fsp3) is 0.632. The predicted octanol–water partition coefficient (Wildman–Crippen LogP) is 1.76. The Balaban J connectivity index is 1.33. The fourth-order valence-corrected chi connectivity index (χ4v) is 3.60. The zero-order valence-corrected chi connectivity index (χ0v) is 14.0. The van der Waals surface area contributed by atoms with Gasteiger partial charge in [-0.3, -0.25) is 9.69 Å². The maximum atomic E-state index is 12.3. The number of hydrogen-bond donors (Lipinski definition) is 1. The summed E-state index contributed by atoms with van der Waals surface area (Å²) in [7, 11) is 0. The molecule has 0 saturated carbocycles. The van der Waals surface area contributed by atoms with E-state index < -0.39 is 0 Å². The third-order valence-electron chi connectivity index (χ3n) is 5.21. The molecule has 4 nitrogen and oxygen atoms in total. The number of nitrogens with zero attached hydrogens (tertiary/aromatic N) is 2. The Kier molecular flexibility index (Phi) is 6.06. The Labute approximate surface area is 139 Å². The van der Waals surface area contributed by atoms with Crippen LogP contribution in [0.1, 0.15) is 24.8 Å². The Morgan fingerprint density at radius 2 is 1.91 bits per heavy atom. The minimum absolute atomic E-state index is 0.361. The molecule has 1 aromatic rings. The number of carbonyl (C=O) groups is 1. The molecule has 2 aliphatic rings. The summed E-state index contributed by atoms with van der Waals surface area (Å²) < 4.78 is 0. The van der Waals surface area contributed by atoms with E-state index in [4.69, 9.17) is 0 Å². The third-order valence-corrected chi connectivity index (χ3v) is 5.21. The van der Waals surface area contributed by atoms with Gasteiger partial charge in [-0.05, 0) is 43.8 Å². The van der Waals surface area contributed by atoms with E-state index in [0.717, 1.165) is 65.1 Å². The number of piperazine rings is 1. The lowest BCUT2D eigenvalue weighted by Crippen LogP contribution is -2.49. The highest BCUT2D eigenvalue weighted by molar-refractivity contribution is 5.76. The minimum atomic E-state index is 0.361. The van der Waals surface area contributed by atoms with Gasteiger partial charge >= 0.3 is 0 Å². The molecule has 2 aliphatic heterocycles. The van der Waals surface area contributed by atoms with Gasteiger partial charge in [0.05, 0.1) is 0 Å². The molecule has 1 atom stereocenters. The molecule has 1 unspecified atom stereocenters. The Hall–Kier alpha value is -1.39. The van der Waals surface area contributed by atoms with Crippen molar-refractivity contribution in [1.29, 1.82) is 0 Å². The Morgan fingerprint density at radius 1 is 1.13 bits per heavy atom. The molecule has 2 heterocycles. The van der Waals surface area contributed by atoms with Gasteiger partial charge in [0, 0.05) is 39.1 Å². The SMILES string of the molecule is O=C(CCC1CCNC1)N1CCN(CCc2ccccc2)CC1. The van der Waals surface area contributed by atoms with E-state index in [-0.39, 0.29) is 0 Å². The van der Waals surface area contributed by atoms with Gasteiger partial charge in [-0.1, -0.05) is 30.3 Å². The standard InChI is InChI=1S/C19H29N3O/c23-19(7-6-18-8-10-20-16-18)22-14-12-21(13-15-22)11-9-17-4-2-1-3-5-17/h1-5,18,20H,6-16H2. The first kappa shape index (κ1) is 16.5. The Morgan fingerprint density at radius 3 is 2.61 bits per heavy atom. The van der Waals surface area contributed by atoms with Crippen LogP contribution >= 0.6 is 0 Å². The van der Waals surface area contributed by atoms with Crippen molar-refractivity contribution in [2.75, 3.05) is 45.8 Å². The lowest BCUT2D eigenvalue weighted by molar-refractivity contribution is -0.133. The number of carbonyl (C=O) groups excluding carboxylic acids is 1. The predicted molar refractivity (Wildman–Crippen MR) is 93.4 cm³/mol. The van der Waals surface area contributed by atoms with Crippen LogP contribution < -0.4 is 5.32 Å². The number of nitrogens with one attached hydrogen (secondary N) is 1. The van der Waals surface area contributed by atoms with Crippen LogP contribution in [-0.4, -0.2) is 61.5 Å². The van der Waals surface area contributed by atoms with Crippen LogP contribution in [0.15, 0.2) is 30.3 Å². The van der Waals surface area contributed by atoms with Gasteiger partial charge in [-0.25, -0.2) is 0 Å². The number of rotatable bonds is 6. The number of hydrogen-bond acceptors (Lipinski definition) is 3. The van der Waals surface area contributed by atoms with E-state index in [1.54, 1.807) is 0 Å². The van der Waals surface area contributed by atoms with Gasteiger partial charge in [-0.2, -0.15) is 0 Å². The molecule has 23 heavy (non-hydrogen) atoms. The maximum Gasteiger partial charge on any atom is 0.222 e. The lowest BCUT2D eigenvalue weighted by atomic mass is 10.0. The van der Waals surface area contributed by atoms with Crippen molar-refractivity contribution in [3.05, 3.63) is 35.9 Å². The van der Waals surface area contributed by atoms with Crippen LogP contribution in [0.3, 0.4) is 0 Å². The van der Waals surface area contributed by atoms with Gasteiger partial charge in [0.1, 0.15) is 0 Å². The van der Waals surface area contributed by atoms with Crippen LogP contribution in [0, 0.1) is 5.92 Å². The topological polar surface area (TPSA) is 35.6 Å². The zero-order valence-electron chi connectivity index (χ0n) is 14.0. The Bertz CT molecular complexity index is 477. The van der Waals surface area contributed by atoms with Crippen LogP contribution in [0.2, 0.25) is 0 Å². The van der Waals surface area contributed by atoms with Gasteiger partial charge < -0.3 is 10.2 Å². The summed E-state index contributed by atoms with van der Waals surface area (Å²) in [6, 6.07) is 10.7. The second-order valence-corrected chi connectivity index (χ2v) is 6.86. The smallest absolute Gasteiger partial charge is 0.222 e. The molecule has 1 aromatic carbocycles. The first-order valence-corrected chi connectivity index (χ1v) is 9.06. The molecule has 4 heteroatoms. The highest BCUT2D eigenvalue weighted by Crippen LogP contribution is 2.16. The summed E-state index contributed by atoms with van der Waals surface area (Å²) >= 11 is 0. The molecular weight excluding hydrogens is 286 g/mol. The number of benzene rings is 1. The fourth-order valence-electron chi connectivity index (χ4n) is 3.60. The van der Waals surface area contributed by atoms with Crippen LogP contribution in [0.25, 0.3) is 0 Å². The van der Waals surface area contributed by atoms with Crippen molar-refractivity contribution in [1.82, 2.24) is 15.1 Å². The van der Waals surface area contributed by atoms with Gasteiger partial charge in [0.15, 0.2) is 0 Å². The van der Waals surface area contributed by atoms with Crippen LogP contribution in [-0.2, 0) is 11.2 Å². The molecule has 0 spiro atoms. The van der Waals surface area contributed by atoms with E-state index in [1.165, 1.54) is 12.0 Å². The summed E-state index contributed by atoms with van der Waals surface area (Å²) in [5.74, 6) is 1.07.